The standard InChI is InChI=1S/C13H15F3N4/c1-3-20(9-10-6-18-19(2)8-10)12-5-4-11(7-17-12)13(14,15)16/h4-8H,3,9H2,1-2H3. The molecule has 0 amide bonds. The Labute approximate surface area is 114 Å². The molecule has 0 saturated heterocycles. The molecule has 108 valence electrons. The minimum absolute atomic E-state index is 0.518. The SMILES string of the molecule is CCN(Cc1cnn(C)c1)c1ccc(C(F)(F)F)cn1. The molecule has 0 bridgehead atoms. The van der Waals surface area contributed by atoms with Gasteiger partial charge in [0.1, 0.15) is 5.82 Å². The van der Waals surface area contributed by atoms with E-state index in [-0.39, 0.29) is 0 Å². The number of hydrogen-bond donors (Lipinski definition) is 0. The van der Waals surface area contributed by atoms with Crippen LogP contribution in [0.25, 0.3) is 0 Å². The Bertz CT molecular complexity index is 560. The van der Waals surface area contributed by atoms with Crippen LogP contribution in [0.2, 0.25) is 0 Å². The second kappa shape index (κ2) is 5.52. The van der Waals surface area contributed by atoms with Gasteiger partial charge in [-0.3, -0.25) is 4.68 Å². The van der Waals surface area contributed by atoms with Crippen LogP contribution >= 0.6 is 0 Å². The summed E-state index contributed by atoms with van der Waals surface area (Å²) in [5.41, 5.74) is 0.245. The molecule has 4 nitrogen and oxygen atoms in total. The fourth-order valence-corrected chi connectivity index (χ4v) is 1.87. The Kier molecular flexibility index (Phi) is 3.96. The van der Waals surface area contributed by atoms with Gasteiger partial charge < -0.3 is 4.90 Å². The monoisotopic (exact) mass is 284 g/mol. The normalized spacial score (nSPS) is 11.7. The molecule has 2 rings (SSSR count). The lowest BCUT2D eigenvalue weighted by atomic mass is 10.2. The van der Waals surface area contributed by atoms with Crippen LogP contribution in [0.1, 0.15) is 18.1 Å². The van der Waals surface area contributed by atoms with Crippen molar-refractivity contribution in [3.05, 3.63) is 41.9 Å². The van der Waals surface area contributed by atoms with E-state index in [1.807, 2.05) is 25.1 Å². The van der Waals surface area contributed by atoms with Gasteiger partial charge in [-0.25, -0.2) is 4.98 Å². The number of pyridine rings is 1. The van der Waals surface area contributed by atoms with Crippen LogP contribution < -0.4 is 4.90 Å². The lowest BCUT2D eigenvalue weighted by Gasteiger charge is -2.21. The van der Waals surface area contributed by atoms with Crippen molar-refractivity contribution in [3.63, 3.8) is 0 Å². The largest absolute Gasteiger partial charge is 0.417 e. The molecule has 20 heavy (non-hydrogen) atoms. The first-order valence-electron chi connectivity index (χ1n) is 6.16. The van der Waals surface area contributed by atoms with Crippen molar-refractivity contribution in [3.8, 4) is 0 Å². The number of aromatic nitrogens is 3. The number of aryl methyl sites for hydroxylation is 1. The summed E-state index contributed by atoms with van der Waals surface area (Å²) < 4.78 is 39.1. The van der Waals surface area contributed by atoms with Crippen molar-refractivity contribution in [2.75, 3.05) is 11.4 Å². The van der Waals surface area contributed by atoms with E-state index in [1.165, 1.54) is 6.07 Å². The highest BCUT2D eigenvalue weighted by Gasteiger charge is 2.30. The second-order valence-corrected chi connectivity index (χ2v) is 4.44. The molecule has 0 aliphatic heterocycles. The molecule has 2 aromatic heterocycles. The van der Waals surface area contributed by atoms with E-state index in [0.29, 0.717) is 18.9 Å². The number of hydrogen-bond acceptors (Lipinski definition) is 3. The highest BCUT2D eigenvalue weighted by molar-refractivity contribution is 5.40. The van der Waals surface area contributed by atoms with E-state index in [0.717, 1.165) is 17.8 Å². The summed E-state index contributed by atoms with van der Waals surface area (Å²) in [4.78, 5) is 5.78. The van der Waals surface area contributed by atoms with Crippen molar-refractivity contribution in [2.24, 2.45) is 7.05 Å². The number of alkyl halides is 3. The van der Waals surface area contributed by atoms with Crippen LogP contribution in [-0.4, -0.2) is 21.3 Å². The molecule has 0 aliphatic rings. The van der Waals surface area contributed by atoms with Crippen LogP contribution in [0.4, 0.5) is 19.0 Å². The molecule has 0 aliphatic carbocycles. The molecule has 2 heterocycles. The average Bonchev–Trinajstić information content (AvgIpc) is 2.81. The lowest BCUT2D eigenvalue weighted by molar-refractivity contribution is -0.137. The van der Waals surface area contributed by atoms with Crippen molar-refractivity contribution in [1.29, 1.82) is 0 Å². The molecule has 2 aromatic rings. The molecule has 0 saturated carbocycles. The van der Waals surface area contributed by atoms with Gasteiger partial charge >= 0.3 is 6.18 Å². The Balaban J connectivity index is 2.15. The number of halogens is 3. The number of rotatable bonds is 4. The highest BCUT2D eigenvalue weighted by Crippen LogP contribution is 2.29. The lowest BCUT2D eigenvalue weighted by Crippen LogP contribution is -2.23. The van der Waals surface area contributed by atoms with E-state index in [4.69, 9.17) is 0 Å². The smallest absolute Gasteiger partial charge is 0.352 e. The van der Waals surface area contributed by atoms with E-state index < -0.39 is 11.7 Å². The maximum absolute atomic E-state index is 12.5. The summed E-state index contributed by atoms with van der Waals surface area (Å²) in [5.74, 6) is 0.518. The van der Waals surface area contributed by atoms with Crippen molar-refractivity contribution >= 4 is 5.82 Å². The van der Waals surface area contributed by atoms with Gasteiger partial charge in [0.25, 0.3) is 0 Å². The first-order chi connectivity index (χ1) is 9.40. The first-order valence-corrected chi connectivity index (χ1v) is 6.16. The molecule has 0 fully saturated rings. The van der Waals surface area contributed by atoms with Crippen molar-refractivity contribution < 1.29 is 13.2 Å². The maximum atomic E-state index is 12.5. The van der Waals surface area contributed by atoms with Crippen molar-refractivity contribution in [1.82, 2.24) is 14.8 Å². The van der Waals surface area contributed by atoms with E-state index in [1.54, 1.807) is 10.9 Å². The van der Waals surface area contributed by atoms with Gasteiger partial charge in [0, 0.05) is 38.1 Å². The van der Waals surface area contributed by atoms with Gasteiger partial charge in [-0.05, 0) is 19.1 Å². The zero-order valence-corrected chi connectivity index (χ0v) is 11.2. The van der Waals surface area contributed by atoms with Crippen LogP contribution in [0.5, 0.6) is 0 Å². The fourth-order valence-electron chi connectivity index (χ4n) is 1.87. The topological polar surface area (TPSA) is 34.0 Å². The number of nitrogens with zero attached hydrogens (tertiary/aromatic N) is 4. The van der Waals surface area contributed by atoms with Crippen LogP contribution in [0, 0.1) is 0 Å². The zero-order valence-electron chi connectivity index (χ0n) is 11.2. The van der Waals surface area contributed by atoms with Gasteiger partial charge in [0.15, 0.2) is 0 Å². The quantitative estimate of drug-likeness (QED) is 0.865. The average molecular weight is 284 g/mol. The molecular weight excluding hydrogens is 269 g/mol. The summed E-state index contributed by atoms with van der Waals surface area (Å²) in [6, 6.07) is 2.44. The predicted molar refractivity (Wildman–Crippen MR) is 69.2 cm³/mol. The molecule has 7 heteroatoms. The van der Waals surface area contributed by atoms with Gasteiger partial charge in [-0.2, -0.15) is 18.3 Å². The Morgan fingerprint density at radius 1 is 1.25 bits per heavy atom. The summed E-state index contributed by atoms with van der Waals surface area (Å²) in [5, 5.41) is 4.06. The molecule has 0 spiro atoms. The van der Waals surface area contributed by atoms with Gasteiger partial charge in [0.05, 0.1) is 11.8 Å². The Hall–Kier alpha value is -2.05. The van der Waals surface area contributed by atoms with Gasteiger partial charge in [0.2, 0.25) is 0 Å². The molecule has 0 radical (unpaired) electrons. The molecular formula is C13H15F3N4. The minimum atomic E-state index is -4.36. The minimum Gasteiger partial charge on any atom is -0.352 e. The van der Waals surface area contributed by atoms with E-state index in [9.17, 15) is 13.2 Å². The first kappa shape index (κ1) is 14.4. The van der Waals surface area contributed by atoms with Crippen molar-refractivity contribution in [2.45, 2.75) is 19.6 Å². The Morgan fingerprint density at radius 2 is 2.00 bits per heavy atom. The van der Waals surface area contributed by atoms with Crippen LogP contribution in [0.15, 0.2) is 30.7 Å². The maximum Gasteiger partial charge on any atom is 0.417 e. The van der Waals surface area contributed by atoms with Crippen LogP contribution in [0.3, 0.4) is 0 Å². The summed E-state index contributed by atoms with van der Waals surface area (Å²) in [6.07, 6.45) is 0.104. The molecule has 0 atom stereocenters. The third-order valence-corrected chi connectivity index (χ3v) is 2.91. The molecule has 0 unspecified atom stereocenters. The highest BCUT2D eigenvalue weighted by atomic mass is 19.4. The van der Waals surface area contributed by atoms with E-state index in [2.05, 4.69) is 10.1 Å². The summed E-state index contributed by atoms with van der Waals surface area (Å²) >= 11 is 0. The summed E-state index contributed by atoms with van der Waals surface area (Å²) in [7, 11) is 1.82. The molecule has 0 aromatic carbocycles. The van der Waals surface area contributed by atoms with Crippen LogP contribution in [-0.2, 0) is 19.8 Å². The predicted octanol–water partition coefficient (Wildman–Crippen LogP) is 2.86. The van der Waals surface area contributed by atoms with Gasteiger partial charge in [-0.15, -0.1) is 0 Å². The zero-order chi connectivity index (χ0) is 14.8. The third-order valence-electron chi connectivity index (χ3n) is 2.91. The van der Waals surface area contributed by atoms with Gasteiger partial charge in [-0.1, -0.05) is 0 Å². The third kappa shape index (κ3) is 3.28. The van der Waals surface area contributed by atoms with E-state index >= 15 is 0 Å². The molecule has 0 N–H and O–H groups in total. The second-order valence-electron chi connectivity index (χ2n) is 4.44. The Morgan fingerprint density at radius 3 is 2.45 bits per heavy atom. The summed E-state index contributed by atoms with van der Waals surface area (Å²) in [6.45, 7) is 3.13. The fraction of sp³-hybridized carbons (Fsp3) is 0.385. The number of anilines is 1.